The monoisotopic (exact) mass is 172 g/mol. The minimum Gasteiger partial charge on any atom is -0.346 e. The zero-order valence-corrected chi connectivity index (χ0v) is 6.54. The van der Waals surface area contributed by atoms with Gasteiger partial charge in [0.25, 0.3) is 5.91 Å². The molecule has 0 spiro atoms. The number of nitrogens with one attached hydrogen (secondary N) is 2. The molecule has 1 heterocycles. The maximum Gasteiger partial charge on any atom is 0.273 e. The Bertz CT molecular complexity index is 248. The summed E-state index contributed by atoms with van der Waals surface area (Å²) >= 11 is 0. The molecular weight excluding hydrogens is 163 g/mol. The number of halogens is 1. The number of carbonyl (C=O) groups excluding carboxylic acids is 1. The molecule has 0 aliphatic carbocycles. The van der Waals surface area contributed by atoms with Gasteiger partial charge in [0.1, 0.15) is 6.67 Å². The number of hydrogen-bond acceptors (Lipinski definition) is 3. The number of amides is 1. The van der Waals surface area contributed by atoms with Crippen molar-refractivity contribution in [3.63, 3.8) is 0 Å². The van der Waals surface area contributed by atoms with Crippen molar-refractivity contribution in [1.29, 1.82) is 0 Å². The molecule has 0 fully saturated rings. The van der Waals surface area contributed by atoms with Gasteiger partial charge in [-0.05, 0) is 6.92 Å². The molecule has 0 aliphatic heterocycles. The van der Waals surface area contributed by atoms with Gasteiger partial charge in [0, 0.05) is 0 Å². The fraction of sp³-hybridized carbons (Fsp3) is 0.500. The molecule has 2 N–H and O–H groups in total. The van der Waals surface area contributed by atoms with E-state index in [1.807, 2.05) is 0 Å². The van der Waals surface area contributed by atoms with Crippen molar-refractivity contribution < 1.29 is 9.18 Å². The first-order valence-electron chi connectivity index (χ1n) is 3.46. The van der Waals surface area contributed by atoms with E-state index in [-0.39, 0.29) is 5.69 Å². The first-order valence-corrected chi connectivity index (χ1v) is 3.46. The molecule has 1 amide bonds. The minimum atomic E-state index is -0.594. The first-order chi connectivity index (χ1) is 5.74. The summed E-state index contributed by atoms with van der Waals surface area (Å²) in [6, 6.07) is -0.491. The summed E-state index contributed by atoms with van der Waals surface area (Å²) in [6.45, 7) is 0.974. The average Bonchev–Trinajstić information content (AvgIpc) is 2.56. The van der Waals surface area contributed by atoms with Gasteiger partial charge in [0.15, 0.2) is 5.69 Å². The van der Waals surface area contributed by atoms with E-state index in [9.17, 15) is 9.18 Å². The predicted molar refractivity (Wildman–Crippen MR) is 39.3 cm³/mol. The highest BCUT2D eigenvalue weighted by Crippen LogP contribution is 1.90. The van der Waals surface area contributed by atoms with Crippen LogP contribution in [0.25, 0.3) is 0 Å². The van der Waals surface area contributed by atoms with Gasteiger partial charge in [0.05, 0.1) is 12.2 Å². The van der Waals surface area contributed by atoms with E-state index >= 15 is 0 Å². The molecule has 5 nitrogen and oxygen atoms in total. The van der Waals surface area contributed by atoms with Crippen LogP contribution in [-0.4, -0.2) is 34.0 Å². The third-order valence-electron chi connectivity index (χ3n) is 1.26. The Morgan fingerprint density at radius 2 is 2.67 bits per heavy atom. The lowest BCUT2D eigenvalue weighted by Gasteiger charge is -2.06. The maximum atomic E-state index is 11.9. The standard InChI is InChI=1S/C6H9FN4O/c1-4(2-7)9-6(12)5-3-8-11-10-5/h3-4H,2H2,1H3,(H,9,12)(H,8,10,11). The molecule has 1 atom stereocenters. The largest absolute Gasteiger partial charge is 0.346 e. The summed E-state index contributed by atoms with van der Waals surface area (Å²) < 4.78 is 11.9. The van der Waals surface area contributed by atoms with Crippen molar-refractivity contribution >= 4 is 5.91 Å². The third kappa shape index (κ3) is 2.01. The third-order valence-corrected chi connectivity index (χ3v) is 1.26. The second kappa shape index (κ2) is 3.80. The van der Waals surface area contributed by atoms with Crippen LogP contribution in [0.1, 0.15) is 17.4 Å². The van der Waals surface area contributed by atoms with Gasteiger partial charge in [-0.1, -0.05) is 0 Å². The van der Waals surface area contributed by atoms with Crippen molar-refractivity contribution in [3.8, 4) is 0 Å². The zero-order chi connectivity index (χ0) is 8.97. The van der Waals surface area contributed by atoms with E-state index in [4.69, 9.17) is 0 Å². The number of rotatable bonds is 3. The molecule has 1 aromatic rings. The van der Waals surface area contributed by atoms with Gasteiger partial charge in [-0.25, -0.2) is 4.39 Å². The van der Waals surface area contributed by atoms with Crippen LogP contribution in [0.2, 0.25) is 0 Å². The summed E-state index contributed by atoms with van der Waals surface area (Å²) in [4.78, 5) is 11.1. The highest BCUT2D eigenvalue weighted by atomic mass is 19.1. The van der Waals surface area contributed by atoms with Crippen LogP contribution in [0.4, 0.5) is 4.39 Å². The van der Waals surface area contributed by atoms with Crippen molar-refractivity contribution in [3.05, 3.63) is 11.9 Å². The van der Waals surface area contributed by atoms with Gasteiger partial charge in [-0.2, -0.15) is 15.4 Å². The second-order valence-electron chi connectivity index (χ2n) is 2.38. The number of aromatic nitrogens is 3. The van der Waals surface area contributed by atoms with Gasteiger partial charge in [0.2, 0.25) is 0 Å². The zero-order valence-electron chi connectivity index (χ0n) is 6.54. The highest BCUT2D eigenvalue weighted by Gasteiger charge is 2.10. The van der Waals surface area contributed by atoms with Crippen LogP contribution in [0, 0.1) is 0 Å². The maximum absolute atomic E-state index is 11.9. The molecule has 1 aromatic heterocycles. The van der Waals surface area contributed by atoms with Crippen molar-refractivity contribution in [2.75, 3.05) is 6.67 Å². The molecule has 0 aromatic carbocycles. The molecule has 0 saturated heterocycles. The molecule has 0 radical (unpaired) electrons. The van der Waals surface area contributed by atoms with Crippen molar-refractivity contribution in [2.45, 2.75) is 13.0 Å². The normalized spacial score (nSPS) is 12.5. The fourth-order valence-corrected chi connectivity index (χ4v) is 0.647. The Kier molecular flexibility index (Phi) is 2.73. The lowest BCUT2D eigenvalue weighted by Crippen LogP contribution is -2.34. The molecular formula is C6H9FN4O. The predicted octanol–water partition coefficient (Wildman–Crippen LogP) is -0.108. The Morgan fingerprint density at radius 1 is 1.92 bits per heavy atom. The molecule has 6 heteroatoms. The van der Waals surface area contributed by atoms with Crippen LogP contribution in [0.15, 0.2) is 6.20 Å². The van der Waals surface area contributed by atoms with Gasteiger partial charge < -0.3 is 5.32 Å². The number of nitrogens with zero attached hydrogens (tertiary/aromatic N) is 2. The Balaban J connectivity index is 2.50. The van der Waals surface area contributed by atoms with E-state index in [0.717, 1.165) is 0 Å². The summed E-state index contributed by atoms with van der Waals surface area (Å²) in [5, 5.41) is 11.7. The smallest absolute Gasteiger partial charge is 0.273 e. The molecule has 1 unspecified atom stereocenters. The SMILES string of the molecule is CC(CF)NC(=O)c1cn[nH]n1. The van der Waals surface area contributed by atoms with Crippen LogP contribution >= 0.6 is 0 Å². The fourth-order valence-electron chi connectivity index (χ4n) is 0.647. The summed E-state index contributed by atoms with van der Waals surface area (Å²) in [5.74, 6) is -0.422. The summed E-state index contributed by atoms with van der Waals surface area (Å²) in [7, 11) is 0. The van der Waals surface area contributed by atoms with Crippen LogP contribution in [0.3, 0.4) is 0 Å². The molecule has 0 saturated carbocycles. The van der Waals surface area contributed by atoms with Gasteiger partial charge in [-0.15, -0.1) is 0 Å². The lowest BCUT2D eigenvalue weighted by atomic mass is 10.3. The molecule has 0 aliphatic rings. The number of carbonyl (C=O) groups is 1. The summed E-state index contributed by atoms with van der Waals surface area (Å²) in [6.07, 6.45) is 1.28. The topological polar surface area (TPSA) is 70.7 Å². The van der Waals surface area contributed by atoms with Crippen LogP contribution in [0.5, 0.6) is 0 Å². The van der Waals surface area contributed by atoms with Crippen molar-refractivity contribution in [2.24, 2.45) is 0 Å². The molecule has 66 valence electrons. The average molecular weight is 172 g/mol. The molecule has 0 bridgehead atoms. The van der Waals surface area contributed by atoms with Gasteiger partial charge in [-0.3, -0.25) is 4.79 Å². The lowest BCUT2D eigenvalue weighted by molar-refractivity contribution is 0.0929. The second-order valence-corrected chi connectivity index (χ2v) is 2.38. The van der Waals surface area contributed by atoms with E-state index in [1.54, 1.807) is 6.92 Å². The Hall–Kier alpha value is -1.46. The van der Waals surface area contributed by atoms with E-state index in [1.165, 1.54) is 6.20 Å². The van der Waals surface area contributed by atoms with Crippen LogP contribution < -0.4 is 5.32 Å². The number of H-pyrrole nitrogens is 1. The quantitative estimate of drug-likeness (QED) is 0.668. The first kappa shape index (κ1) is 8.63. The Labute approximate surface area is 68.4 Å². The summed E-state index contributed by atoms with van der Waals surface area (Å²) in [5.41, 5.74) is 0.162. The van der Waals surface area contributed by atoms with Crippen molar-refractivity contribution in [1.82, 2.24) is 20.7 Å². The number of aromatic amines is 1. The Morgan fingerprint density at radius 3 is 3.17 bits per heavy atom. The van der Waals surface area contributed by atoms with Gasteiger partial charge >= 0.3 is 0 Å². The van der Waals surface area contributed by atoms with E-state index in [0.29, 0.717) is 0 Å². The highest BCUT2D eigenvalue weighted by molar-refractivity contribution is 5.91. The molecule has 12 heavy (non-hydrogen) atoms. The minimum absolute atomic E-state index is 0.162. The van der Waals surface area contributed by atoms with E-state index in [2.05, 4.69) is 20.7 Å². The number of hydrogen-bond donors (Lipinski definition) is 2. The number of alkyl halides is 1. The molecule has 1 rings (SSSR count). The van der Waals surface area contributed by atoms with Crippen LogP contribution in [-0.2, 0) is 0 Å². The van der Waals surface area contributed by atoms with E-state index < -0.39 is 18.6 Å².